The second kappa shape index (κ2) is 11.8. The van der Waals surface area contributed by atoms with Crippen molar-refractivity contribution < 1.29 is 40.7 Å². The lowest BCUT2D eigenvalue weighted by molar-refractivity contribution is -0.160. The van der Waals surface area contributed by atoms with Crippen LogP contribution in [-0.2, 0) is 45.4 Å². The number of carbonyl (C=O) groups excluding carboxylic acids is 2. The molecule has 1 fully saturated rings. The second-order valence-corrected chi connectivity index (χ2v) is 10.7. The molecule has 0 unspecified atom stereocenters. The van der Waals surface area contributed by atoms with Gasteiger partial charge < -0.3 is 15.0 Å². The van der Waals surface area contributed by atoms with E-state index in [0.29, 0.717) is 24.1 Å². The van der Waals surface area contributed by atoms with Crippen LogP contribution in [0.5, 0.6) is 0 Å². The number of likely N-dealkylation sites (tertiary alicyclic amines) is 1. The predicted octanol–water partition coefficient (Wildman–Crippen LogP) is 6.85. The quantitative estimate of drug-likeness (QED) is 0.291. The molecule has 42 heavy (non-hydrogen) atoms. The van der Waals surface area contributed by atoms with E-state index in [0.717, 1.165) is 5.56 Å². The molecule has 0 aromatic heterocycles. The van der Waals surface area contributed by atoms with Crippen LogP contribution in [0.15, 0.2) is 78.9 Å². The number of carbonyl (C=O) groups is 2. The predicted molar refractivity (Wildman–Crippen MR) is 143 cm³/mol. The molecule has 1 N–H and O–H groups in total. The summed E-state index contributed by atoms with van der Waals surface area (Å²) in [7, 11) is 0. The highest BCUT2D eigenvalue weighted by Gasteiger charge is 2.53. The summed E-state index contributed by atoms with van der Waals surface area (Å²) in [6.45, 7) is 2.29. The molecular formula is C31H30F6N2O3. The van der Waals surface area contributed by atoms with Crippen molar-refractivity contribution in [3.63, 3.8) is 0 Å². The van der Waals surface area contributed by atoms with Crippen LogP contribution < -0.4 is 5.32 Å². The fourth-order valence-corrected chi connectivity index (χ4v) is 5.41. The molecule has 0 saturated carbocycles. The molecule has 5 nitrogen and oxygen atoms in total. The molecule has 11 heteroatoms. The van der Waals surface area contributed by atoms with Crippen LogP contribution in [0, 0.1) is 0 Å². The summed E-state index contributed by atoms with van der Waals surface area (Å²) in [5.74, 6) is -0.780. The van der Waals surface area contributed by atoms with Gasteiger partial charge in [0.1, 0.15) is 5.54 Å². The number of benzene rings is 3. The van der Waals surface area contributed by atoms with E-state index in [9.17, 15) is 35.9 Å². The Kier molecular flexibility index (Phi) is 8.73. The first-order valence-corrected chi connectivity index (χ1v) is 13.2. The van der Waals surface area contributed by atoms with Crippen LogP contribution in [0.3, 0.4) is 0 Å². The summed E-state index contributed by atoms with van der Waals surface area (Å²) in [5, 5.41) is 2.75. The highest BCUT2D eigenvalue weighted by atomic mass is 19.4. The normalized spacial score (nSPS) is 21.3. The number of hydrogen-bond donors (Lipinski definition) is 1. The van der Waals surface area contributed by atoms with Crippen molar-refractivity contribution in [3.05, 3.63) is 107 Å². The first-order valence-electron chi connectivity index (χ1n) is 13.2. The number of piperidine rings is 1. The molecule has 2 amide bonds. The molecular weight excluding hydrogens is 562 g/mol. The highest BCUT2D eigenvalue weighted by Crippen LogP contribution is 2.43. The maximum Gasteiger partial charge on any atom is 0.416 e. The number of rotatable bonds is 8. The number of nitrogens with zero attached hydrogens (tertiary/aromatic N) is 1. The fraction of sp³-hybridized carbons (Fsp3) is 0.355. The van der Waals surface area contributed by atoms with Crippen molar-refractivity contribution in [2.24, 2.45) is 0 Å². The monoisotopic (exact) mass is 592 g/mol. The molecule has 2 atom stereocenters. The SMILES string of the molecule is CC(=O)N[C@@]1(C)CC[C@](COCc2cc(C(F)(F)F)cc(C(F)(F)F)c2)(c2ccccc2)N(Cc2ccccc2)C1=O. The van der Waals surface area contributed by atoms with Gasteiger partial charge in [0.05, 0.1) is 29.9 Å². The molecule has 1 heterocycles. The van der Waals surface area contributed by atoms with Crippen molar-refractivity contribution in [1.29, 1.82) is 0 Å². The summed E-state index contributed by atoms with van der Waals surface area (Å²) >= 11 is 0. The van der Waals surface area contributed by atoms with Gasteiger partial charge in [-0.05, 0) is 54.7 Å². The summed E-state index contributed by atoms with van der Waals surface area (Å²) in [4.78, 5) is 27.7. The lowest BCUT2D eigenvalue weighted by Gasteiger charge is -2.52. The smallest absolute Gasteiger partial charge is 0.374 e. The number of alkyl halides is 6. The van der Waals surface area contributed by atoms with Gasteiger partial charge in [-0.3, -0.25) is 9.59 Å². The minimum absolute atomic E-state index is 0.0687. The minimum Gasteiger partial charge on any atom is -0.374 e. The van der Waals surface area contributed by atoms with E-state index in [-0.39, 0.29) is 37.1 Å². The molecule has 4 rings (SSSR count). The number of nitrogens with one attached hydrogen (secondary N) is 1. The molecule has 3 aromatic carbocycles. The Morgan fingerprint density at radius 1 is 0.857 bits per heavy atom. The van der Waals surface area contributed by atoms with Gasteiger partial charge in [-0.25, -0.2) is 0 Å². The Labute approximate surface area is 239 Å². The number of halogens is 6. The summed E-state index contributed by atoms with van der Waals surface area (Å²) < 4.78 is 86.4. The van der Waals surface area contributed by atoms with Gasteiger partial charge in [-0.2, -0.15) is 26.3 Å². The van der Waals surface area contributed by atoms with Gasteiger partial charge in [0, 0.05) is 13.5 Å². The van der Waals surface area contributed by atoms with Gasteiger partial charge >= 0.3 is 12.4 Å². The second-order valence-electron chi connectivity index (χ2n) is 10.7. The maximum atomic E-state index is 14.1. The minimum atomic E-state index is -4.99. The van der Waals surface area contributed by atoms with Gasteiger partial charge in [-0.15, -0.1) is 0 Å². The number of ether oxygens (including phenoxy) is 1. The molecule has 1 saturated heterocycles. The molecule has 1 aliphatic rings. The topological polar surface area (TPSA) is 58.6 Å². The zero-order valence-corrected chi connectivity index (χ0v) is 23.0. The Balaban J connectivity index is 1.73. The zero-order valence-electron chi connectivity index (χ0n) is 23.0. The largest absolute Gasteiger partial charge is 0.416 e. The van der Waals surface area contributed by atoms with Crippen LogP contribution in [-0.4, -0.2) is 28.9 Å². The lowest BCUT2D eigenvalue weighted by atomic mass is 9.74. The molecule has 0 radical (unpaired) electrons. The third-order valence-corrected chi connectivity index (χ3v) is 7.48. The first-order chi connectivity index (χ1) is 19.6. The van der Waals surface area contributed by atoms with Crippen LogP contribution >= 0.6 is 0 Å². The maximum absolute atomic E-state index is 14.1. The first kappa shape index (κ1) is 31.1. The van der Waals surface area contributed by atoms with E-state index >= 15 is 0 Å². The van der Waals surface area contributed by atoms with Crippen molar-refractivity contribution >= 4 is 11.8 Å². The third kappa shape index (κ3) is 6.78. The molecule has 0 bridgehead atoms. The summed E-state index contributed by atoms with van der Waals surface area (Å²) in [5.41, 5.74) is -4.08. The lowest BCUT2D eigenvalue weighted by Crippen LogP contribution is -2.67. The standard InChI is InChI=1S/C31H30F6N2O3/c1-21(40)38-28(2)13-14-29(24-11-7-4-8-12-24,39(27(28)41)18-22-9-5-3-6-10-22)20-42-19-23-15-25(30(32,33)34)17-26(16-23)31(35,36)37/h3-12,15-17H,13-14,18-20H2,1-2H3,(H,38,40)/t28-,29-/m0/s1. The van der Waals surface area contributed by atoms with Crippen LogP contribution in [0.2, 0.25) is 0 Å². The van der Waals surface area contributed by atoms with E-state index < -0.39 is 47.1 Å². The Bertz CT molecular complexity index is 1380. The molecule has 1 aliphatic heterocycles. The number of amides is 2. The summed E-state index contributed by atoms with van der Waals surface area (Å²) in [6.07, 6.45) is -9.46. The van der Waals surface area contributed by atoms with Gasteiger partial charge in [0.2, 0.25) is 11.8 Å². The molecule has 224 valence electrons. The van der Waals surface area contributed by atoms with Crippen molar-refractivity contribution in [3.8, 4) is 0 Å². The fourth-order valence-electron chi connectivity index (χ4n) is 5.41. The van der Waals surface area contributed by atoms with Crippen LogP contribution in [0.1, 0.15) is 54.5 Å². The molecule has 0 spiro atoms. The number of hydrogen-bond acceptors (Lipinski definition) is 3. The molecule has 0 aliphatic carbocycles. The van der Waals surface area contributed by atoms with Crippen molar-refractivity contribution in [1.82, 2.24) is 10.2 Å². The van der Waals surface area contributed by atoms with E-state index in [1.165, 1.54) is 6.92 Å². The van der Waals surface area contributed by atoms with E-state index in [1.54, 1.807) is 42.2 Å². The van der Waals surface area contributed by atoms with Gasteiger partial charge in [-0.1, -0.05) is 60.7 Å². The third-order valence-electron chi connectivity index (χ3n) is 7.48. The van der Waals surface area contributed by atoms with Gasteiger partial charge in [0.15, 0.2) is 0 Å². The van der Waals surface area contributed by atoms with Crippen LogP contribution in [0.25, 0.3) is 0 Å². The van der Waals surface area contributed by atoms with E-state index in [1.807, 2.05) is 30.3 Å². The molecule has 3 aromatic rings. The average Bonchev–Trinajstić information content (AvgIpc) is 2.92. The highest BCUT2D eigenvalue weighted by molar-refractivity contribution is 5.92. The Hall–Kier alpha value is -3.86. The van der Waals surface area contributed by atoms with E-state index in [2.05, 4.69) is 5.32 Å². The Morgan fingerprint density at radius 3 is 1.93 bits per heavy atom. The van der Waals surface area contributed by atoms with Crippen molar-refractivity contribution in [2.75, 3.05) is 6.61 Å². The average molecular weight is 593 g/mol. The van der Waals surface area contributed by atoms with E-state index in [4.69, 9.17) is 4.74 Å². The summed E-state index contributed by atoms with van der Waals surface area (Å²) in [6, 6.07) is 19.3. The Morgan fingerprint density at radius 2 is 1.40 bits per heavy atom. The van der Waals surface area contributed by atoms with Gasteiger partial charge in [0.25, 0.3) is 0 Å². The zero-order chi connectivity index (χ0) is 30.8. The van der Waals surface area contributed by atoms with Crippen molar-refractivity contribution in [2.45, 2.75) is 63.3 Å². The van der Waals surface area contributed by atoms with Crippen LogP contribution in [0.4, 0.5) is 26.3 Å².